The largest absolute Gasteiger partial charge is 0.395 e. The van der Waals surface area contributed by atoms with Crippen LogP contribution in [0.15, 0.2) is 28.6 Å². The number of halogens is 1. The lowest BCUT2D eigenvalue weighted by Crippen LogP contribution is -2.27. The van der Waals surface area contributed by atoms with Crippen molar-refractivity contribution in [1.29, 1.82) is 0 Å². The fourth-order valence-electron chi connectivity index (χ4n) is 1.68. The van der Waals surface area contributed by atoms with E-state index in [0.717, 1.165) is 20.9 Å². The standard InChI is InChI=1S/C12H14FN3O2S2/c1-8-10(19-7-15-8)6-16(2)20(17,18)11-5-3-4-9(13)12(11)14/h3-5,7H,6,14H2,1-2H3. The molecule has 8 heteroatoms. The molecule has 1 heterocycles. The summed E-state index contributed by atoms with van der Waals surface area (Å²) in [6.45, 7) is 1.98. The average Bonchev–Trinajstić information content (AvgIpc) is 2.78. The van der Waals surface area contributed by atoms with Gasteiger partial charge in [0.15, 0.2) is 0 Å². The molecule has 108 valence electrons. The van der Waals surface area contributed by atoms with Crippen molar-refractivity contribution in [2.24, 2.45) is 0 Å². The number of benzene rings is 1. The lowest BCUT2D eigenvalue weighted by Gasteiger charge is -2.18. The van der Waals surface area contributed by atoms with Crippen LogP contribution >= 0.6 is 11.3 Å². The number of rotatable bonds is 4. The van der Waals surface area contributed by atoms with Gasteiger partial charge in [0, 0.05) is 18.5 Å². The molecule has 0 aliphatic carbocycles. The Morgan fingerprint density at radius 3 is 2.75 bits per heavy atom. The highest BCUT2D eigenvalue weighted by Gasteiger charge is 2.25. The number of aromatic nitrogens is 1. The van der Waals surface area contributed by atoms with Gasteiger partial charge in [0.2, 0.25) is 10.0 Å². The molecule has 0 aliphatic heterocycles. The number of nitrogens with two attached hydrogens (primary N) is 1. The molecular formula is C12H14FN3O2S2. The highest BCUT2D eigenvalue weighted by molar-refractivity contribution is 7.89. The van der Waals surface area contributed by atoms with E-state index in [-0.39, 0.29) is 17.1 Å². The first kappa shape index (κ1) is 14.9. The van der Waals surface area contributed by atoms with Gasteiger partial charge in [-0.1, -0.05) is 6.07 Å². The highest BCUT2D eigenvalue weighted by Crippen LogP contribution is 2.25. The average molecular weight is 315 g/mol. The maximum absolute atomic E-state index is 13.4. The second-order valence-electron chi connectivity index (χ2n) is 4.27. The minimum absolute atomic E-state index is 0.175. The molecule has 1 aromatic heterocycles. The number of aryl methyl sites for hydroxylation is 1. The van der Waals surface area contributed by atoms with Gasteiger partial charge in [-0.2, -0.15) is 4.31 Å². The third kappa shape index (κ3) is 2.67. The Morgan fingerprint density at radius 2 is 2.15 bits per heavy atom. The number of para-hydroxylation sites is 1. The molecule has 0 unspecified atom stereocenters. The molecular weight excluding hydrogens is 301 g/mol. The van der Waals surface area contributed by atoms with Crippen LogP contribution in [-0.4, -0.2) is 24.8 Å². The van der Waals surface area contributed by atoms with Gasteiger partial charge in [-0.05, 0) is 19.1 Å². The summed E-state index contributed by atoms with van der Waals surface area (Å²) in [4.78, 5) is 4.69. The Bertz CT molecular complexity index is 728. The first-order chi connectivity index (χ1) is 9.34. The zero-order chi connectivity index (χ0) is 14.9. The van der Waals surface area contributed by atoms with Gasteiger partial charge in [-0.25, -0.2) is 17.8 Å². The smallest absolute Gasteiger partial charge is 0.245 e. The minimum Gasteiger partial charge on any atom is -0.395 e. The normalized spacial score (nSPS) is 12.0. The number of nitrogens with zero attached hydrogens (tertiary/aromatic N) is 2. The summed E-state index contributed by atoms with van der Waals surface area (Å²) in [6, 6.07) is 3.75. The molecule has 2 rings (SSSR count). The van der Waals surface area contributed by atoms with Crippen LogP contribution in [0.5, 0.6) is 0 Å². The maximum Gasteiger partial charge on any atom is 0.245 e. The molecule has 0 fully saturated rings. The molecule has 0 radical (unpaired) electrons. The summed E-state index contributed by atoms with van der Waals surface area (Å²) in [5, 5.41) is 0. The van der Waals surface area contributed by atoms with Crippen LogP contribution in [0.2, 0.25) is 0 Å². The number of anilines is 1. The van der Waals surface area contributed by atoms with Crippen molar-refractivity contribution in [1.82, 2.24) is 9.29 Å². The zero-order valence-corrected chi connectivity index (χ0v) is 12.6. The summed E-state index contributed by atoms with van der Waals surface area (Å²) in [7, 11) is -2.41. The number of nitrogen functional groups attached to an aromatic ring is 1. The Labute approximate surface area is 120 Å². The molecule has 0 spiro atoms. The molecule has 2 N–H and O–H groups in total. The van der Waals surface area contributed by atoms with E-state index in [9.17, 15) is 12.8 Å². The Morgan fingerprint density at radius 1 is 1.45 bits per heavy atom. The van der Waals surface area contributed by atoms with Gasteiger partial charge < -0.3 is 5.73 Å². The lowest BCUT2D eigenvalue weighted by molar-refractivity contribution is 0.468. The summed E-state index contributed by atoms with van der Waals surface area (Å²) < 4.78 is 39.3. The van der Waals surface area contributed by atoms with Gasteiger partial charge in [-0.15, -0.1) is 11.3 Å². The van der Waals surface area contributed by atoms with Crippen molar-refractivity contribution in [2.45, 2.75) is 18.4 Å². The fraction of sp³-hybridized carbons (Fsp3) is 0.250. The van der Waals surface area contributed by atoms with E-state index in [1.165, 1.54) is 30.5 Å². The summed E-state index contributed by atoms with van der Waals surface area (Å²) >= 11 is 1.37. The molecule has 20 heavy (non-hydrogen) atoms. The molecule has 1 aromatic carbocycles. The van der Waals surface area contributed by atoms with E-state index in [1.54, 1.807) is 5.51 Å². The number of hydrogen-bond donors (Lipinski definition) is 1. The molecule has 2 aromatic rings. The van der Waals surface area contributed by atoms with E-state index in [1.807, 2.05) is 6.92 Å². The van der Waals surface area contributed by atoms with Crippen LogP contribution in [0, 0.1) is 12.7 Å². The second-order valence-corrected chi connectivity index (χ2v) is 7.23. The van der Waals surface area contributed by atoms with Crippen molar-refractivity contribution >= 4 is 27.0 Å². The molecule has 0 amide bonds. The number of hydrogen-bond acceptors (Lipinski definition) is 5. The Balaban J connectivity index is 2.35. The SMILES string of the molecule is Cc1ncsc1CN(C)S(=O)(=O)c1cccc(F)c1N. The molecule has 0 saturated heterocycles. The third-order valence-electron chi connectivity index (χ3n) is 2.91. The van der Waals surface area contributed by atoms with Crippen molar-refractivity contribution in [3.05, 3.63) is 40.1 Å². The zero-order valence-electron chi connectivity index (χ0n) is 11.0. The van der Waals surface area contributed by atoms with E-state index in [2.05, 4.69) is 4.98 Å². The van der Waals surface area contributed by atoms with Crippen LogP contribution in [0.3, 0.4) is 0 Å². The summed E-state index contributed by atoms with van der Waals surface area (Å²) in [5.41, 5.74) is 7.59. The van der Waals surface area contributed by atoms with Crippen molar-refractivity contribution in [3.63, 3.8) is 0 Å². The van der Waals surface area contributed by atoms with Gasteiger partial charge in [0.05, 0.1) is 16.9 Å². The Hall–Kier alpha value is -1.51. The van der Waals surface area contributed by atoms with Gasteiger partial charge in [-0.3, -0.25) is 0 Å². The third-order valence-corrected chi connectivity index (χ3v) is 5.69. The van der Waals surface area contributed by atoms with Crippen LogP contribution < -0.4 is 5.73 Å². The lowest BCUT2D eigenvalue weighted by atomic mass is 10.3. The van der Waals surface area contributed by atoms with E-state index < -0.39 is 15.8 Å². The van der Waals surface area contributed by atoms with E-state index >= 15 is 0 Å². The molecule has 0 bridgehead atoms. The van der Waals surface area contributed by atoms with Crippen molar-refractivity contribution < 1.29 is 12.8 Å². The van der Waals surface area contributed by atoms with E-state index in [0.29, 0.717) is 0 Å². The topological polar surface area (TPSA) is 76.3 Å². The first-order valence-corrected chi connectivity index (χ1v) is 8.05. The molecule has 5 nitrogen and oxygen atoms in total. The van der Waals surface area contributed by atoms with Crippen LogP contribution in [-0.2, 0) is 16.6 Å². The monoisotopic (exact) mass is 315 g/mol. The van der Waals surface area contributed by atoms with Crippen LogP contribution in [0.25, 0.3) is 0 Å². The van der Waals surface area contributed by atoms with Crippen LogP contribution in [0.4, 0.5) is 10.1 Å². The van der Waals surface area contributed by atoms with Crippen molar-refractivity contribution in [3.8, 4) is 0 Å². The van der Waals surface area contributed by atoms with E-state index in [4.69, 9.17) is 5.73 Å². The summed E-state index contributed by atoms with van der Waals surface area (Å²) in [5.74, 6) is -0.742. The molecule has 0 atom stereocenters. The van der Waals surface area contributed by atoms with Gasteiger partial charge in [0.1, 0.15) is 10.7 Å². The predicted molar refractivity (Wildman–Crippen MR) is 76.3 cm³/mol. The first-order valence-electron chi connectivity index (χ1n) is 5.73. The fourth-order valence-corrected chi connectivity index (χ4v) is 3.85. The van der Waals surface area contributed by atoms with Crippen molar-refractivity contribution in [2.75, 3.05) is 12.8 Å². The Kier molecular flexibility index (Phi) is 4.07. The summed E-state index contributed by atoms with van der Waals surface area (Å²) in [6.07, 6.45) is 0. The molecule has 0 saturated carbocycles. The van der Waals surface area contributed by atoms with Crippen LogP contribution in [0.1, 0.15) is 10.6 Å². The number of sulfonamides is 1. The number of thiazole rings is 1. The predicted octanol–water partition coefficient (Wildman–Crippen LogP) is 1.99. The molecule has 0 aliphatic rings. The highest BCUT2D eigenvalue weighted by atomic mass is 32.2. The van der Waals surface area contributed by atoms with Gasteiger partial charge >= 0.3 is 0 Å². The maximum atomic E-state index is 13.4. The minimum atomic E-state index is -3.84. The van der Waals surface area contributed by atoms with Gasteiger partial charge in [0.25, 0.3) is 0 Å². The quantitative estimate of drug-likeness (QED) is 0.876. The second kappa shape index (κ2) is 5.47.